The van der Waals surface area contributed by atoms with Gasteiger partial charge in [-0.1, -0.05) is 6.07 Å². The van der Waals surface area contributed by atoms with Crippen LogP contribution in [0.3, 0.4) is 0 Å². The van der Waals surface area contributed by atoms with Gasteiger partial charge in [0, 0.05) is 11.3 Å². The second kappa shape index (κ2) is 7.45. The van der Waals surface area contributed by atoms with Crippen molar-refractivity contribution in [3.8, 4) is 0 Å². The van der Waals surface area contributed by atoms with E-state index in [4.69, 9.17) is 9.15 Å². The van der Waals surface area contributed by atoms with Crippen LogP contribution < -0.4 is 5.32 Å². The molecule has 2 rings (SSSR count). The van der Waals surface area contributed by atoms with Crippen molar-refractivity contribution < 1.29 is 28.3 Å². The number of ether oxygens (including phenoxy) is 2. The largest absolute Gasteiger partial charge is 0.465 e. The highest BCUT2D eigenvalue weighted by atomic mass is 16.5. The molecule has 1 N–H and O–H groups in total. The Morgan fingerprint density at radius 1 is 1.08 bits per heavy atom. The van der Waals surface area contributed by atoms with Gasteiger partial charge in [0.1, 0.15) is 0 Å². The van der Waals surface area contributed by atoms with E-state index in [0.29, 0.717) is 16.8 Å². The predicted molar refractivity (Wildman–Crippen MR) is 84.9 cm³/mol. The number of carbonyl (C=O) groups is 3. The molecule has 24 heavy (non-hydrogen) atoms. The number of methoxy groups -OCH3 is 1. The molecule has 0 fully saturated rings. The Labute approximate surface area is 138 Å². The zero-order valence-electron chi connectivity index (χ0n) is 13.5. The maximum absolute atomic E-state index is 11.9. The number of carbonyl (C=O) groups excluding carboxylic acids is 3. The van der Waals surface area contributed by atoms with Gasteiger partial charge in [-0.25, -0.2) is 9.59 Å². The van der Waals surface area contributed by atoms with Crippen molar-refractivity contribution in [2.24, 2.45) is 0 Å². The summed E-state index contributed by atoms with van der Waals surface area (Å²) in [5.74, 6) is -1.69. The Morgan fingerprint density at radius 2 is 1.83 bits per heavy atom. The number of anilines is 1. The van der Waals surface area contributed by atoms with E-state index in [1.807, 2.05) is 0 Å². The summed E-state index contributed by atoms with van der Waals surface area (Å²) in [6.07, 6.45) is 1.37. The van der Waals surface area contributed by atoms with Crippen molar-refractivity contribution in [2.75, 3.05) is 19.0 Å². The summed E-state index contributed by atoms with van der Waals surface area (Å²) >= 11 is 0. The highest BCUT2D eigenvalue weighted by Gasteiger charge is 2.16. The molecule has 0 radical (unpaired) electrons. The minimum atomic E-state index is -0.715. The van der Waals surface area contributed by atoms with E-state index in [1.54, 1.807) is 32.0 Å². The summed E-state index contributed by atoms with van der Waals surface area (Å²) in [7, 11) is 1.27. The van der Waals surface area contributed by atoms with Gasteiger partial charge in [0.15, 0.2) is 6.61 Å². The maximum atomic E-state index is 11.9. The average molecular weight is 331 g/mol. The molecular formula is C17H17NO6. The first kappa shape index (κ1) is 17.3. The van der Waals surface area contributed by atoms with E-state index in [0.717, 1.165) is 5.56 Å². The smallest absolute Gasteiger partial charge is 0.375 e. The van der Waals surface area contributed by atoms with E-state index in [9.17, 15) is 14.4 Å². The van der Waals surface area contributed by atoms with Crippen molar-refractivity contribution >= 4 is 23.5 Å². The third-order valence-electron chi connectivity index (χ3n) is 3.31. The molecule has 0 aliphatic rings. The van der Waals surface area contributed by atoms with Crippen LogP contribution in [-0.4, -0.2) is 31.6 Å². The molecule has 1 aromatic carbocycles. The van der Waals surface area contributed by atoms with Crippen LogP contribution in [0.4, 0.5) is 5.69 Å². The number of aryl methyl sites for hydroxylation is 2. The molecule has 1 aromatic heterocycles. The summed E-state index contributed by atoms with van der Waals surface area (Å²) in [6.45, 7) is 3.00. The summed E-state index contributed by atoms with van der Waals surface area (Å²) < 4.78 is 14.5. The highest BCUT2D eigenvalue weighted by Crippen LogP contribution is 2.17. The van der Waals surface area contributed by atoms with E-state index >= 15 is 0 Å². The van der Waals surface area contributed by atoms with Gasteiger partial charge in [0.2, 0.25) is 5.76 Å². The zero-order chi connectivity index (χ0) is 17.7. The van der Waals surface area contributed by atoms with Gasteiger partial charge < -0.3 is 19.2 Å². The number of furan rings is 1. The van der Waals surface area contributed by atoms with Crippen molar-refractivity contribution in [1.29, 1.82) is 0 Å². The molecule has 0 bridgehead atoms. The lowest BCUT2D eigenvalue weighted by Crippen LogP contribution is -2.21. The first-order valence-corrected chi connectivity index (χ1v) is 7.12. The molecule has 7 heteroatoms. The lowest BCUT2D eigenvalue weighted by atomic mass is 10.1. The van der Waals surface area contributed by atoms with Crippen LogP contribution in [0, 0.1) is 13.8 Å². The van der Waals surface area contributed by atoms with Crippen molar-refractivity contribution in [3.63, 3.8) is 0 Å². The standard InChI is InChI=1S/C17H17NO6/c1-10-4-5-12(16(20)22-3)8-13(10)18-14(19)9-24-17(21)15-11(2)6-7-23-15/h4-8H,9H2,1-3H3,(H,18,19). The lowest BCUT2D eigenvalue weighted by molar-refractivity contribution is -0.119. The fourth-order valence-corrected chi connectivity index (χ4v) is 1.97. The van der Waals surface area contributed by atoms with Gasteiger partial charge in [-0.2, -0.15) is 0 Å². The van der Waals surface area contributed by atoms with Gasteiger partial charge in [-0.3, -0.25) is 4.79 Å². The fraction of sp³-hybridized carbons (Fsp3) is 0.235. The summed E-state index contributed by atoms with van der Waals surface area (Å²) in [5.41, 5.74) is 2.13. The van der Waals surface area contributed by atoms with Crippen molar-refractivity contribution in [2.45, 2.75) is 13.8 Å². The van der Waals surface area contributed by atoms with Crippen LogP contribution >= 0.6 is 0 Å². The molecule has 0 saturated carbocycles. The number of hydrogen-bond donors (Lipinski definition) is 1. The molecule has 0 unspecified atom stereocenters. The normalized spacial score (nSPS) is 10.1. The molecule has 1 amide bonds. The van der Waals surface area contributed by atoms with Gasteiger partial charge in [0.05, 0.1) is 18.9 Å². The zero-order valence-corrected chi connectivity index (χ0v) is 13.5. The van der Waals surface area contributed by atoms with Gasteiger partial charge in [-0.05, 0) is 37.6 Å². The van der Waals surface area contributed by atoms with Gasteiger partial charge >= 0.3 is 11.9 Å². The third kappa shape index (κ3) is 4.01. The Kier molecular flexibility index (Phi) is 5.36. The minimum Gasteiger partial charge on any atom is -0.465 e. The van der Waals surface area contributed by atoms with E-state index in [2.05, 4.69) is 10.1 Å². The van der Waals surface area contributed by atoms with Crippen LogP contribution in [0.2, 0.25) is 0 Å². The Bertz CT molecular complexity index is 777. The summed E-state index contributed by atoms with van der Waals surface area (Å²) in [6, 6.07) is 6.40. The molecule has 7 nitrogen and oxygen atoms in total. The molecule has 0 aliphatic heterocycles. The van der Waals surface area contributed by atoms with Crippen LogP contribution in [0.25, 0.3) is 0 Å². The first-order chi connectivity index (χ1) is 11.4. The molecule has 1 heterocycles. The number of benzene rings is 1. The molecule has 0 aliphatic carbocycles. The quantitative estimate of drug-likeness (QED) is 0.846. The summed E-state index contributed by atoms with van der Waals surface area (Å²) in [5, 5.41) is 2.59. The number of amides is 1. The SMILES string of the molecule is COC(=O)c1ccc(C)c(NC(=O)COC(=O)c2occc2C)c1. The second-order valence-corrected chi connectivity index (χ2v) is 5.08. The monoisotopic (exact) mass is 331 g/mol. The average Bonchev–Trinajstić information content (AvgIpc) is 3.00. The van der Waals surface area contributed by atoms with Crippen molar-refractivity contribution in [3.05, 3.63) is 53.0 Å². The summed E-state index contributed by atoms with van der Waals surface area (Å²) in [4.78, 5) is 35.2. The van der Waals surface area contributed by atoms with Crippen LogP contribution in [-0.2, 0) is 14.3 Å². The third-order valence-corrected chi connectivity index (χ3v) is 3.31. The molecule has 0 spiro atoms. The second-order valence-electron chi connectivity index (χ2n) is 5.08. The van der Waals surface area contributed by atoms with E-state index in [-0.39, 0.29) is 5.76 Å². The maximum Gasteiger partial charge on any atom is 0.375 e. The number of nitrogens with one attached hydrogen (secondary N) is 1. The van der Waals surface area contributed by atoms with Crippen LogP contribution in [0.15, 0.2) is 34.9 Å². The van der Waals surface area contributed by atoms with Crippen molar-refractivity contribution in [1.82, 2.24) is 0 Å². The van der Waals surface area contributed by atoms with Gasteiger partial charge in [-0.15, -0.1) is 0 Å². The molecular weight excluding hydrogens is 314 g/mol. The Hall–Kier alpha value is -3.09. The van der Waals surface area contributed by atoms with Gasteiger partial charge in [0.25, 0.3) is 5.91 Å². The fourth-order valence-electron chi connectivity index (χ4n) is 1.97. The lowest BCUT2D eigenvalue weighted by Gasteiger charge is -2.10. The Morgan fingerprint density at radius 3 is 2.46 bits per heavy atom. The predicted octanol–water partition coefficient (Wildman–Crippen LogP) is 2.48. The minimum absolute atomic E-state index is 0.0617. The topological polar surface area (TPSA) is 94.8 Å². The molecule has 0 saturated heterocycles. The van der Waals surface area contributed by atoms with E-state index < -0.39 is 24.5 Å². The number of hydrogen-bond acceptors (Lipinski definition) is 6. The molecule has 0 atom stereocenters. The first-order valence-electron chi connectivity index (χ1n) is 7.12. The Balaban J connectivity index is 1.98. The van der Waals surface area contributed by atoms with Crippen LogP contribution in [0.5, 0.6) is 0 Å². The number of esters is 2. The number of rotatable bonds is 5. The van der Waals surface area contributed by atoms with Crippen LogP contribution in [0.1, 0.15) is 32.0 Å². The molecule has 126 valence electrons. The highest BCUT2D eigenvalue weighted by molar-refractivity contribution is 5.97. The molecule has 2 aromatic rings. The van der Waals surface area contributed by atoms with E-state index in [1.165, 1.54) is 19.4 Å².